The van der Waals surface area contributed by atoms with Crippen LogP contribution in [-0.2, 0) is 16.1 Å². The van der Waals surface area contributed by atoms with Crippen LogP contribution in [0.25, 0.3) is 0 Å². The van der Waals surface area contributed by atoms with Gasteiger partial charge in [-0.3, -0.25) is 14.5 Å². The zero-order valence-electron chi connectivity index (χ0n) is 15.9. The zero-order chi connectivity index (χ0) is 19.9. The highest BCUT2D eigenvalue weighted by Crippen LogP contribution is 2.15. The van der Waals surface area contributed by atoms with Crippen molar-refractivity contribution in [1.29, 1.82) is 0 Å². The van der Waals surface area contributed by atoms with Gasteiger partial charge in [0.1, 0.15) is 0 Å². The van der Waals surface area contributed by atoms with Gasteiger partial charge >= 0.3 is 0 Å². The van der Waals surface area contributed by atoms with Crippen LogP contribution in [-0.4, -0.2) is 61.5 Å². The Morgan fingerprint density at radius 2 is 1.89 bits per heavy atom. The van der Waals surface area contributed by atoms with E-state index < -0.39 is 0 Å². The van der Waals surface area contributed by atoms with Crippen molar-refractivity contribution in [2.24, 2.45) is 0 Å². The van der Waals surface area contributed by atoms with Crippen molar-refractivity contribution in [2.75, 3.05) is 45.2 Å². The van der Waals surface area contributed by atoms with Gasteiger partial charge in [0.2, 0.25) is 5.91 Å². The van der Waals surface area contributed by atoms with Crippen molar-refractivity contribution in [3.63, 3.8) is 0 Å². The number of anilines is 1. The van der Waals surface area contributed by atoms with Crippen LogP contribution in [0.1, 0.15) is 15.9 Å². The molecule has 0 atom stereocenters. The molecule has 28 heavy (non-hydrogen) atoms. The lowest BCUT2D eigenvalue weighted by Crippen LogP contribution is -2.36. The first-order chi connectivity index (χ1) is 13.5. The Balaban J connectivity index is 1.57. The van der Waals surface area contributed by atoms with Crippen LogP contribution in [0, 0.1) is 0 Å². The number of rotatable bonds is 6. The Bertz CT molecular complexity index is 837. The normalized spacial score (nSPS) is 14.5. The number of hydrogen-bond acceptors (Lipinski definition) is 4. The van der Waals surface area contributed by atoms with Crippen LogP contribution >= 0.6 is 11.6 Å². The summed E-state index contributed by atoms with van der Waals surface area (Å²) in [6.07, 6.45) is 0. The molecule has 1 heterocycles. The minimum atomic E-state index is -0.275. The molecule has 0 aromatic heterocycles. The van der Waals surface area contributed by atoms with E-state index in [9.17, 15) is 9.59 Å². The minimum absolute atomic E-state index is 0.0426. The first kappa shape index (κ1) is 20.3. The summed E-state index contributed by atoms with van der Waals surface area (Å²) in [6, 6.07) is 14.5. The van der Waals surface area contributed by atoms with Gasteiger partial charge in [-0.05, 0) is 35.9 Å². The van der Waals surface area contributed by atoms with E-state index in [1.807, 2.05) is 18.2 Å². The molecule has 1 saturated heterocycles. The Morgan fingerprint density at radius 1 is 1.14 bits per heavy atom. The van der Waals surface area contributed by atoms with Crippen LogP contribution in [0.5, 0.6) is 0 Å². The molecule has 7 heteroatoms. The number of nitrogens with one attached hydrogen (secondary N) is 1. The predicted molar refractivity (Wildman–Crippen MR) is 110 cm³/mol. The summed E-state index contributed by atoms with van der Waals surface area (Å²) in [4.78, 5) is 28.7. The molecule has 2 aromatic rings. The van der Waals surface area contributed by atoms with Crippen LogP contribution in [0.4, 0.5) is 5.69 Å². The largest absolute Gasteiger partial charge is 0.379 e. The van der Waals surface area contributed by atoms with E-state index in [2.05, 4.69) is 10.2 Å². The molecule has 1 N–H and O–H groups in total. The molecule has 0 unspecified atom stereocenters. The zero-order valence-corrected chi connectivity index (χ0v) is 16.6. The number of nitrogens with zero attached hydrogens (tertiary/aromatic N) is 2. The number of morpholine rings is 1. The summed E-state index contributed by atoms with van der Waals surface area (Å²) < 4.78 is 5.37. The molecule has 3 rings (SSSR count). The molecule has 0 radical (unpaired) electrons. The Kier molecular flexibility index (Phi) is 7.03. The van der Waals surface area contributed by atoms with Gasteiger partial charge in [0.25, 0.3) is 5.91 Å². The van der Waals surface area contributed by atoms with Crippen molar-refractivity contribution < 1.29 is 14.3 Å². The molecule has 6 nitrogen and oxygen atoms in total. The fraction of sp³-hybridized carbons (Fsp3) is 0.333. The molecule has 0 saturated carbocycles. The quantitative estimate of drug-likeness (QED) is 0.808. The summed E-state index contributed by atoms with van der Waals surface area (Å²) >= 11 is 5.92. The average molecular weight is 402 g/mol. The fourth-order valence-corrected chi connectivity index (χ4v) is 3.28. The van der Waals surface area contributed by atoms with Crippen molar-refractivity contribution in [3.05, 3.63) is 64.7 Å². The number of hydrogen-bond donors (Lipinski definition) is 1. The molecule has 148 valence electrons. The number of amides is 2. The second-order valence-electron chi connectivity index (χ2n) is 6.81. The SMILES string of the molecule is CN(CC(=O)Nc1cccc(Cl)c1)C(=O)c1cccc(CN2CCOCC2)c1. The van der Waals surface area contributed by atoms with Gasteiger partial charge in [0.05, 0.1) is 19.8 Å². The summed E-state index contributed by atoms with van der Waals surface area (Å²) in [5.74, 6) is -0.465. The molecule has 1 fully saturated rings. The van der Waals surface area contributed by atoms with Gasteiger partial charge < -0.3 is 15.0 Å². The van der Waals surface area contributed by atoms with Gasteiger partial charge in [0, 0.05) is 43.0 Å². The van der Waals surface area contributed by atoms with Crippen LogP contribution in [0.3, 0.4) is 0 Å². The molecular weight excluding hydrogens is 378 g/mol. The van der Waals surface area contributed by atoms with Gasteiger partial charge in [-0.15, -0.1) is 0 Å². The fourth-order valence-electron chi connectivity index (χ4n) is 3.09. The van der Waals surface area contributed by atoms with E-state index in [-0.39, 0.29) is 18.4 Å². The number of ether oxygens (including phenoxy) is 1. The highest BCUT2D eigenvalue weighted by atomic mass is 35.5. The summed E-state index contributed by atoms with van der Waals surface area (Å²) in [7, 11) is 1.62. The molecular formula is C21H24ClN3O3. The molecule has 0 spiro atoms. The van der Waals surface area contributed by atoms with E-state index >= 15 is 0 Å². The average Bonchev–Trinajstić information content (AvgIpc) is 2.68. The van der Waals surface area contributed by atoms with Gasteiger partial charge in [0.15, 0.2) is 0 Å². The van der Waals surface area contributed by atoms with Gasteiger partial charge in [-0.2, -0.15) is 0 Å². The second kappa shape index (κ2) is 9.68. The third-order valence-electron chi connectivity index (χ3n) is 4.52. The molecule has 0 bridgehead atoms. The van der Waals surface area contributed by atoms with Crippen LogP contribution in [0.15, 0.2) is 48.5 Å². The monoisotopic (exact) mass is 401 g/mol. The lowest BCUT2D eigenvalue weighted by Gasteiger charge is -2.26. The van der Waals surface area contributed by atoms with Crippen LogP contribution in [0.2, 0.25) is 5.02 Å². The van der Waals surface area contributed by atoms with E-state index in [4.69, 9.17) is 16.3 Å². The maximum absolute atomic E-state index is 12.7. The topological polar surface area (TPSA) is 61.9 Å². The maximum Gasteiger partial charge on any atom is 0.254 e. The van der Waals surface area contributed by atoms with Crippen molar-refractivity contribution in [2.45, 2.75) is 6.54 Å². The van der Waals surface area contributed by atoms with Crippen molar-refractivity contribution >= 4 is 29.1 Å². The van der Waals surface area contributed by atoms with Crippen molar-refractivity contribution in [1.82, 2.24) is 9.80 Å². The first-order valence-corrected chi connectivity index (χ1v) is 9.59. The minimum Gasteiger partial charge on any atom is -0.379 e. The maximum atomic E-state index is 12.7. The Morgan fingerprint density at radius 3 is 2.64 bits per heavy atom. The van der Waals surface area contributed by atoms with E-state index in [0.29, 0.717) is 16.3 Å². The predicted octanol–water partition coefficient (Wildman–Crippen LogP) is 2.88. The molecule has 2 aromatic carbocycles. The summed E-state index contributed by atoms with van der Waals surface area (Å²) in [5.41, 5.74) is 2.25. The standard InChI is InChI=1S/C21H24ClN3O3/c1-24(15-20(26)23-19-7-3-6-18(22)13-19)21(27)17-5-2-4-16(12-17)14-25-8-10-28-11-9-25/h2-7,12-13H,8-11,14-15H2,1H3,(H,23,26). The van der Waals surface area contributed by atoms with Crippen molar-refractivity contribution in [3.8, 4) is 0 Å². The van der Waals surface area contributed by atoms with Gasteiger partial charge in [-0.1, -0.05) is 29.8 Å². The number of carbonyl (C=O) groups excluding carboxylic acids is 2. The van der Waals surface area contributed by atoms with E-state index in [0.717, 1.165) is 38.4 Å². The molecule has 0 aliphatic carbocycles. The van der Waals surface area contributed by atoms with E-state index in [1.165, 1.54) is 4.90 Å². The number of benzene rings is 2. The lowest BCUT2D eigenvalue weighted by molar-refractivity contribution is -0.116. The number of halogens is 1. The smallest absolute Gasteiger partial charge is 0.254 e. The highest BCUT2D eigenvalue weighted by molar-refractivity contribution is 6.30. The molecule has 1 aliphatic heterocycles. The number of carbonyl (C=O) groups is 2. The molecule has 1 aliphatic rings. The van der Waals surface area contributed by atoms with E-state index in [1.54, 1.807) is 37.4 Å². The lowest BCUT2D eigenvalue weighted by atomic mass is 10.1. The highest BCUT2D eigenvalue weighted by Gasteiger charge is 2.17. The third-order valence-corrected chi connectivity index (χ3v) is 4.75. The second-order valence-corrected chi connectivity index (χ2v) is 7.25. The van der Waals surface area contributed by atoms with Crippen LogP contribution < -0.4 is 5.32 Å². The summed E-state index contributed by atoms with van der Waals surface area (Å²) in [6.45, 7) is 4.00. The Hall–Kier alpha value is -2.41. The van der Waals surface area contributed by atoms with Gasteiger partial charge in [-0.25, -0.2) is 0 Å². The number of likely N-dealkylation sites (N-methyl/N-ethyl adjacent to an activating group) is 1. The first-order valence-electron chi connectivity index (χ1n) is 9.21. The third kappa shape index (κ3) is 5.79. The summed E-state index contributed by atoms with van der Waals surface area (Å²) in [5, 5.41) is 3.29. The Labute approximate surface area is 170 Å². The molecule has 2 amide bonds.